The molecule has 2 rings (SSSR count). The van der Waals surface area contributed by atoms with Crippen LogP contribution in [-0.4, -0.2) is 10.5 Å². The van der Waals surface area contributed by atoms with Crippen LogP contribution in [0.1, 0.15) is 40.5 Å². The van der Waals surface area contributed by atoms with E-state index in [9.17, 15) is 21.0 Å². The Kier molecular flexibility index (Phi) is 3.11. The van der Waals surface area contributed by atoms with Crippen LogP contribution in [0.3, 0.4) is 0 Å². The summed E-state index contributed by atoms with van der Waals surface area (Å²) in [5, 5.41) is 39.1. The lowest BCUT2D eigenvalue weighted by Crippen LogP contribution is -2.59. The van der Waals surface area contributed by atoms with Crippen molar-refractivity contribution in [1.82, 2.24) is 0 Å². The molecule has 2 aliphatic rings. The van der Waals surface area contributed by atoms with Gasteiger partial charge in [-0.25, -0.2) is 0 Å². The van der Waals surface area contributed by atoms with E-state index in [1.54, 1.807) is 0 Å². The Morgan fingerprint density at radius 3 is 1.52 bits per heavy atom. The second kappa shape index (κ2) is 4.16. The predicted octanol–water partition coefficient (Wildman–Crippen LogP) is 3.39. The fraction of sp³-hybridized carbons (Fsp3) is 0.750. The van der Waals surface area contributed by atoms with E-state index >= 15 is 0 Å². The molecule has 0 N–H and O–H groups in total. The number of nitriles is 4. The molecule has 21 heavy (non-hydrogen) atoms. The van der Waals surface area contributed by atoms with Gasteiger partial charge in [-0.3, -0.25) is 0 Å². The Morgan fingerprint density at radius 1 is 0.762 bits per heavy atom. The normalized spacial score (nSPS) is 29.0. The Labute approximate surface area is 130 Å². The van der Waals surface area contributed by atoms with Crippen molar-refractivity contribution in [2.75, 3.05) is 5.75 Å². The molecule has 2 fully saturated rings. The minimum atomic E-state index is -1.61. The van der Waals surface area contributed by atoms with E-state index < -0.39 is 15.6 Å². The first kappa shape index (κ1) is 15.7. The average molecular weight is 298 g/mol. The SMILES string of the molecule is CC1(C)CCC(C)(C)C12SCC(C#N)(C#N)C2(C#N)C#N. The summed E-state index contributed by atoms with van der Waals surface area (Å²) in [4.78, 5) is 0. The first-order valence-electron chi connectivity index (χ1n) is 6.95. The maximum Gasteiger partial charge on any atom is 0.191 e. The van der Waals surface area contributed by atoms with Gasteiger partial charge in [0.25, 0.3) is 0 Å². The topological polar surface area (TPSA) is 95.2 Å². The molecular weight excluding hydrogens is 280 g/mol. The van der Waals surface area contributed by atoms with Gasteiger partial charge in [0.2, 0.25) is 0 Å². The molecule has 5 heteroatoms. The van der Waals surface area contributed by atoms with Crippen LogP contribution in [-0.2, 0) is 0 Å². The third kappa shape index (κ3) is 1.34. The minimum Gasteiger partial charge on any atom is -0.196 e. The maximum atomic E-state index is 9.92. The van der Waals surface area contributed by atoms with E-state index in [4.69, 9.17) is 0 Å². The molecule has 108 valence electrons. The molecule has 0 bridgehead atoms. The lowest BCUT2D eigenvalue weighted by Gasteiger charge is -2.52. The van der Waals surface area contributed by atoms with Crippen LogP contribution in [0.5, 0.6) is 0 Å². The van der Waals surface area contributed by atoms with E-state index in [0.29, 0.717) is 0 Å². The van der Waals surface area contributed by atoms with Crippen molar-refractivity contribution in [3.63, 3.8) is 0 Å². The van der Waals surface area contributed by atoms with Crippen LogP contribution >= 0.6 is 11.8 Å². The fourth-order valence-corrected chi connectivity index (χ4v) is 6.91. The summed E-state index contributed by atoms with van der Waals surface area (Å²) < 4.78 is -0.720. The van der Waals surface area contributed by atoms with Gasteiger partial charge < -0.3 is 0 Å². The third-order valence-corrected chi connectivity index (χ3v) is 8.09. The zero-order chi connectivity index (χ0) is 16.2. The summed E-state index contributed by atoms with van der Waals surface area (Å²) in [6.07, 6.45) is 1.76. The van der Waals surface area contributed by atoms with Crippen LogP contribution in [0.25, 0.3) is 0 Å². The predicted molar refractivity (Wildman–Crippen MR) is 79.3 cm³/mol. The summed E-state index contributed by atoms with van der Waals surface area (Å²) in [6.45, 7) is 8.23. The summed E-state index contributed by atoms with van der Waals surface area (Å²) in [7, 11) is 0. The van der Waals surface area contributed by atoms with Crippen LogP contribution in [0.2, 0.25) is 0 Å². The second-order valence-corrected chi connectivity index (χ2v) is 8.53. The largest absolute Gasteiger partial charge is 0.196 e. The molecule has 0 amide bonds. The van der Waals surface area contributed by atoms with Crippen molar-refractivity contribution in [3.05, 3.63) is 0 Å². The van der Waals surface area contributed by atoms with Gasteiger partial charge in [0, 0.05) is 5.75 Å². The Hall–Kier alpha value is -1.69. The highest BCUT2D eigenvalue weighted by atomic mass is 32.2. The van der Waals surface area contributed by atoms with E-state index in [2.05, 4.69) is 39.8 Å². The van der Waals surface area contributed by atoms with Crippen LogP contribution < -0.4 is 0 Å². The number of nitrogens with zero attached hydrogens (tertiary/aromatic N) is 4. The van der Waals surface area contributed by atoms with Gasteiger partial charge in [0.1, 0.15) is 0 Å². The van der Waals surface area contributed by atoms with Crippen molar-refractivity contribution in [1.29, 1.82) is 21.0 Å². The van der Waals surface area contributed by atoms with Gasteiger partial charge in [0.15, 0.2) is 10.8 Å². The molecule has 1 aliphatic carbocycles. The average Bonchev–Trinajstić information content (AvgIpc) is 2.86. The van der Waals surface area contributed by atoms with E-state index in [0.717, 1.165) is 12.8 Å². The monoisotopic (exact) mass is 298 g/mol. The number of hydrogen-bond donors (Lipinski definition) is 0. The molecule has 0 aromatic heterocycles. The Balaban J connectivity index is 2.91. The van der Waals surface area contributed by atoms with Crippen molar-refractivity contribution in [2.24, 2.45) is 21.7 Å². The molecule has 4 nitrogen and oxygen atoms in total. The highest BCUT2D eigenvalue weighted by Crippen LogP contribution is 2.77. The molecule has 0 aromatic rings. The van der Waals surface area contributed by atoms with E-state index in [1.165, 1.54) is 11.8 Å². The summed E-state index contributed by atoms with van der Waals surface area (Å²) in [6, 6.07) is 8.31. The molecule has 0 aromatic carbocycles. The van der Waals surface area contributed by atoms with Crippen molar-refractivity contribution in [2.45, 2.75) is 45.3 Å². The molecule has 1 spiro atoms. The first-order chi connectivity index (χ1) is 9.66. The molecular formula is C16H18N4S. The van der Waals surface area contributed by atoms with E-state index in [1.807, 2.05) is 12.1 Å². The van der Waals surface area contributed by atoms with Crippen molar-refractivity contribution < 1.29 is 0 Å². The van der Waals surface area contributed by atoms with Crippen molar-refractivity contribution >= 4 is 11.8 Å². The number of thioether (sulfide) groups is 1. The summed E-state index contributed by atoms with van der Waals surface area (Å²) in [5.41, 5.74) is -3.76. The van der Waals surface area contributed by atoms with Gasteiger partial charge in [0.05, 0.1) is 29.0 Å². The zero-order valence-electron chi connectivity index (χ0n) is 12.8. The van der Waals surface area contributed by atoms with Gasteiger partial charge >= 0.3 is 0 Å². The Bertz CT molecular complexity index is 604. The first-order valence-corrected chi connectivity index (χ1v) is 7.93. The highest BCUT2D eigenvalue weighted by molar-refractivity contribution is 8.01. The Morgan fingerprint density at radius 2 is 1.19 bits per heavy atom. The minimum absolute atomic E-state index is 0.216. The zero-order valence-corrected chi connectivity index (χ0v) is 13.6. The van der Waals surface area contributed by atoms with Gasteiger partial charge in [-0.1, -0.05) is 27.7 Å². The van der Waals surface area contributed by atoms with Gasteiger partial charge in [-0.15, -0.1) is 11.8 Å². The highest BCUT2D eigenvalue weighted by Gasteiger charge is 2.81. The summed E-state index contributed by atoms with van der Waals surface area (Å²) in [5.74, 6) is 0.216. The van der Waals surface area contributed by atoms with Crippen molar-refractivity contribution in [3.8, 4) is 24.3 Å². The fourth-order valence-electron chi connectivity index (χ4n) is 4.66. The molecule has 0 unspecified atom stereocenters. The smallest absolute Gasteiger partial charge is 0.191 e. The van der Waals surface area contributed by atoms with Gasteiger partial charge in [-0.05, 0) is 23.7 Å². The van der Waals surface area contributed by atoms with Crippen LogP contribution in [0.15, 0.2) is 0 Å². The van der Waals surface area contributed by atoms with Crippen LogP contribution in [0, 0.1) is 67.0 Å². The lowest BCUT2D eigenvalue weighted by molar-refractivity contribution is 0.0902. The number of hydrogen-bond acceptors (Lipinski definition) is 5. The van der Waals surface area contributed by atoms with Gasteiger partial charge in [-0.2, -0.15) is 21.0 Å². The third-order valence-electron chi connectivity index (χ3n) is 5.67. The lowest BCUT2D eigenvalue weighted by atomic mass is 9.50. The molecule has 1 aliphatic heterocycles. The maximum absolute atomic E-state index is 9.92. The molecule has 1 heterocycles. The molecule has 1 saturated heterocycles. The quantitative estimate of drug-likeness (QED) is 0.683. The van der Waals surface area contributed by atoms with E-state index in [-0.39, 0.29) is 16.6 Å². The second-order valence-electron chi connectivity index (χ2n) is 7.34. The van der Waals surface area contributed by atoms with Crippen LogP contribution in [0.4, 0.5) is 0 Å². The number of rotatable bonds is 0. The summed E-state index contributed by atoms with van der Waals surface area (Å²) >= 11 is 1.49. The standard InChI is InChI=1S/C16H18N4S/c1-12(2)5-6-13(3,4)16(12)15(9-19,10-20)14(7-17,8-18)11-21-16/h5-6,11H2,1-4H3. The molecule has 0 atom stereocenters. The molecule has 0 radical (unpaired) electrons. The molecule has 1 saturated carbocycles.